The van der Waals surface area contributed by atoms with E-state index < -0.39 is 0 Å². The number of hydrogen-bond acceptors (Lipinski definition) is 1. The normalized spacial score (nSPS) is 12.5. The van der Waals surface area contributed by atoms with Crippen LogP contribution in [0.25, 0.3) is 159 Å². The van der Waals surface area contributed by atoms with E-state index in [2.05, 4.69) is 200 Å². The molecule has 1 aliphatic carbocycles. The molecule has 0 aliphatic heterocycles. The van der Waals surface area contributed by atoms with Crippen LogP contribution < -0.4 is 0 Å². The molecule has 1 aromatic heterocycles. The summed E-state index contributed by atoms with van der Waals surface area (Å²) < 4.78 is 2.23. The molecule has 0 radical (unpaired) electrons. The summed E-state index contributed by atoms with van der Waals surface area (Å²) in [5.74, 6) is 0.965. The predicted molar refractivity (Wildman–Crippen MR) is 274 cm³/mol. The van der Waals surface area contributed by atoms with Gasteiger partial charge < -0.3 is 4.57 Å². The molecule has 0 atom stereocenters. The Balaban J connectivity index is 1.06. The minimum absolute atomic E-state index is 0.965. The molecule has 2 nitrogen and oxygen atoms in total. The third kappa shape index (κ3) is 4.14. The van der Waals surface area contributed by atoms with E-state index in [4.69, 9.17) is 4.98 Å². The van der Waals surface area contributed by atoms with E-state index in [1.165, 1.54) is 131 Å². The van der Waals surface area contributed by atoms with E-state index in [9.17, 15) is 0 Å². The summed E-state index contributed by atoms with van der Waals surface area (Å²) in [5.41, 5.74) is 14.8. The van der Waals surface area contributed by atoms with E-state index in [1.807, 2.05) is 6.08 Å². The molecule has 0 unspecified atom stereocenters. The van der Waals surface area contributed by atoms with Crippen molar-refractivity contribution in [3.8, 4) is 55.9 Å². The minimum Gasteiger partial charge on any atom is -0.327 e. The Hall–Kier alpha value is -8.33. The molecular weight excluding hydrogens is 773 g/mol. The summed E-state index contributed by atoms with van der Waals surface area (Å²) in [5, 5.41) is 20.7. The van der Waals surface area contributed by atoms with Gasteiger partial charge in [-0.2, -0.15) is 0 Å². The standard InChI is InChI=1S/C62H36N2/c1-3-34-22-23-39-41-24-26-43-45-28-31-47-59-48(61-54(36-16-8-5-9-17-36)38-19-11-10-18-37(38)53(60(47)61)35-14-6-4-7-15-35)32-29-46(58(45)59)44-27-25-42(56(41)57(43)44)40-30-33-49(52(34)55(39)40)62-63-50-20-12-13-21-51(50)64(62)2/h3-33H,1H2,2H3. The number of aromatic nitrogens is 2. The van der Waals surface area contributed by atoms with Crippen molar-refractivity contribution in [3.63, 3.8) is 0 Å². The van der Waals surface area contributed by atoms with Crippen molar-refractivity contribution in [1.82, 2.24) is 9.55 Å². The first-order chi connectivity index (χ1) is 31.7. The molecule has 0 fully saturated rings. The third-order valence-corrected chi connectivity index (χ3v) is 14.8. The second-order valence-corrected chi connectivity index (χ2v) is 17.7. The van der Waals surface area contributed by atoms with Crippen LogP contribution in [0.1, 0.15) is 5.56 Å². The van der Waals surface area contributed by atoms with Crippen LogP contribution in [0.4, 0.5) is 0 Å². The van der Waals surface area contributed by atoms with Crippen molar-refractivity contribution in [2.75, 3.05) is 0 Å². The maximum atomic E-state index is 5.19. The van der Waals surface area contributed by atoms with E-state index in [0.717, 1.165) is 28.0 Å². The highest BCUT2D eigenvalue weighted by Gasteiger charge is 2.32. The highest BCUT2D eigenvalue weighted by Crippen LogP contribution is 2.60. The molecule has 0 bridgehead atoms. The number of benzene rings is 13. The lowest BCUT2D eigenvalue weighted by Crippen LogP contribution is -1.97. The molecule has 1 heterocycles. The maximum Gasteiger partial charge on any atom is 0.141 e. The number of hydrogen-bond donors (Lipinski definition) is 0. The van der Waals surface area contributed by atoms with Gasteiger partial charge in [0.25, 0.3) is 0 Å². The Labute approximate surface area is 368 Å². The van der Waals surface area contributed by atoms with Crippen LogP contribution in [0, 0.1) is 0 Å². The van der Waals surface area contributed by atoms with Crippen LogP contribution in [0.3, 0.4) is 0 Å². The van der Waals surface area contributed by atoms with Crippen LogP contribution in [0.5, 0.6) is 0 Å². The zero-order chi connectivity index (χ0) is 41.9. The van der Waals surface area contributed by atoms with Crippen molar-refractivity contribution in [3.05, 3.63) is 194 Å². The summed E-state index contributed by atoms with van der Waals surface area (Å²) in [6.45, 7) is 4.31. The number of rotatable bonds is 4. The predicted octanol–water partition coefficient (Wildman–Crippen LogP) is 17.0. The monoisotopic (exact) mass is 808 g/mol. The van der Waals surface area contributed by atoms with Gasteiger partial charge in [0.2, 0.25) is 0 Å². The molecule has 1 aliphatic rings. The topological polar surface area (TPSA) is 17.8 Å². The zero-order valence-corrected chi connectivity index (χ0v) is 35.0. The number of fused-ring (bicyclic) bond motifs is 9. The molecule has 15 rings (SSSR count). The van der Waals surface area contributed by atoms with Gasteiger partial charge in [0.15, 0.2) is 0 Å². The van der Waals surface area contributed by atoms with Crippen molar-refractivity contribution < 1.29 is 0 Å². The maximum absolute atomic E-state index is 5.19. The first-order valence-corrected chi connectivity index (χ1v) is 22.2. The molecular formula is C62H36N2. The van der Waals surface area contributed by atoms with Gasteiger partial charge in [-0.05, 0) is 149 Å². The molecule has 14 aromatic rings. The zero-order valence-electron chi connectivity index (χ0n) is 35.0. The van der Waals surface area contributed by atoms with Crippen LogP contribution in [-0.4, -0.2) is 9.55 Å². The molecule has 294 valence electrons. The second-order valence-electron chi connectivity index (χ2n) is 17.7. The van der Waals surface area contributed by atoms with Crippen molar-refractivity contribution in [1.29, 1.82) is 0 Å². The Bertz CT molecular complexity index is 4170. The highest BCUT2D eigenvalue weighted by molar-refractivity contribution is 6.45. The number of aryl methyl sites for hydroxylation is 1. The molecule has 2 heteroatoms. The molecule has 64 heavy (non-hydrogen) atoms. The molecule has 0 spiro atoms. The highest BCUT2D eigenvalue weighted by atomic mass is 15.1. The van der Waals surface area contributed by atoms with Gasteiger partial charge in [-0.1, -0.05) is 176 Å². The quantitative estimate of drug-likeness (QED) is 0.128. The smallest absolute Gasteiger partial charge is 0.141 e. The number of para-hydroxylation sites is 2. The fraction of sp³-hybridized carbons (Fsp3) is 0.0161. The van der Waals surface area contributed by atoms with Gasteiger partial charge in [0, 0.05) is 18.0 Å². The van der Waals surface area contributed by atoms with Gasteiger partial charge in [-0.15, -0.1) is 0 Å². The Morgan fingerprint density at radius 2 is 0.766 bits per heavy atom. The van der Waals surface area contributed by atoms with E-state index in [1.54, 1.807) is 0 Å². The molecule has 0 saturated heterocycles. The summed E-state index contributed by atoms with van der Waals surface area (Å²) in [6, 6.07) is 68.0. The molecule has 0 N–H and O–H groups in total. The number of imidazole rings is 1. The summed E-state index contributed by atoms with van der Waals surface area (Å²) in [6.07, 6.45) is 2.00. The minimum atomic E-state index is 0.965. The van der Waals surface area contributed by atoms with Crippen LogP contribution in [-0.2, 0) is 7.05 Å². The molecule has 13 aromatic carbocycles. The summed E-state index contributed by atoms with van der Waals surface area (Å²) in [7, 11) is 2.13. The fourth-order valence-electron chi connectivity index (χ4n) is 12.3. The van der Waals surface area contributed by atoms with Crippen molar-refractivity contribution >= 4 is 103 Å². The van der Waals surface area contributed by atoms with E-state index in [0.29, 0.717) is 0 Å². The largest absolute Gasteiger partial charge is 0.327 e. The van der Waals surface area contributed by atoms with Crippen molar-refractivity contribution in [2.45, 2.75) is 0 Å². The lowest BCUT2D eigenvalue weighted by Gasteiger charge is -2.21. The Morgan fingerprint density at radius 1 is 0.359 bits per heavy atom. The van der Waals surface area contributed by atoms with Crippen molar-refractivity contribution in [2.24, 2.45) is 7.05 Å². The molecule has 0 saturated carbocycles. The second kappa shape index (κ2) is 12.2. The van der Waals surface area contributed by atoms with Crippen LogP contribution in [0.2, 0.25) is 0 Å². The summed E-state index contributed by atoms with van der Waals surface area (Å²) in [4.78, 5) is 5.19. The van der Waals surface area contributed by atoms with Gasteiger partial charge in [-0.25, -0.2) is 4.98 Å². The SMILES string of the molecule is C=Cc1ccc2c3ccc4c5ccc6c7c(ccc(c8ccc(c9ccc(-c%10nc%11ccccc%11n%10C)c1c29)c3c48)c75)-c1c-6c(-c2ccccc2)c2ccccc2c1-c1ccccc1. The Morgan fingerprint density at radius 3 is 1.27 bits per heavy atom. The van der Waals surface area contributed by atoms with Gasteiger partial charge >= 0.3 is 0 Å². The average molecular weight is 809 g/mol. The lowest BCUT2D eigenvalue weighted by molar-refractivity contribution is 0.961. The van der Waals surface area contributed by atoms with Gasteiger partial charge in [0.05, 0.1) is 11.0 Å². The first-order valence-electron chi connectivity index (χ1n) is 22.2. The first kappa shape index (κ1) is 34.3. The van der Waals surface area contributed by atoms with E-state index in [-0.39, 0.29) is 0 Å². The van der Waals surface area contributed by atoms with Gasteiger partial charge in [0.1, 0.15) is 5.82 Å². The van der Waals surface area contributed by atoms with Crippen LogP contribution in [0.15, 0.2) is 189 Å². The lowest BCUT2D eigenvalue weighted by atomic mass is 9.82. The third-order valence-electron chi connectivity index (χ3n) is 14.8. The number of nitrogens with zero attached hydrogens (tertiary/aromatic N) is 2. The fourth-order valence-corrected chi connectivity index (χ4v) is 12.3. The van der Waals surface area contributed by atoms with E-state index >= 15 is 0 Å². The molecule has 0 amide bonds. The summed E-state index contributed by atoms with van der Waals surface area (Å²) >= 11 is 0. The Kier molecular flexibility index (Phi) is 6.53. The van der Waals surface area contributed by atoms with Gasteiger partial charge in [-0.3, -0.25) is 0 Å². The average Bonchev–Trinajstić information content (AvgIpc) is 3.87. The van der Waals surface area contributed by atoms with Crippen LogP contribution >= 0.6 is 0 Å².